The molecule has 1 amide bonds. The Morgan fingerprint density at radius 3 is 2.31 bits per heavy atom. The zero-order chi connectivity index (χ0) is 21.4. The van der Waals surface area contributed by atoms with Crippen LogP contribution in [0, 0.1) is 5.82 Å². The Morgan fingerprint density at radius 1 is 1.17 bits per heavy atom. The summed E-state index contributed by atoms with van der Waals surface area (Å²) in [7, 11) is -2.26. The Hall–Kier alpha value is -1.96. The van der Waals surface area contributed by atoms with Crippen LogP contribution in [0.1, 0.15) is 49.0 Å². The monoisotopic (exact) mass is 438 g/mol. The second kappa shape index (κ2) is 8.05. The molecule has 2 aromatic carbocycles. The SMILES string of the molecule is CC(C)N(C)S(=O)(=O)c1ccc(Cl)c(C(=O)NC2(c3ccc(F)cc3)CCC2)c1. The Morgan fingerprint density at radius 2 is 1.79 bits per heavy atom. The van der Waals surface area contributed by atoms with Gasteiger partial charge in [0.15, 0.2) is 0 Å². The van der Waals surface area contributed by atoms with Crippen molar-refractivity contribution in [3.05, 3.63) is 64.4 Å². The summed E-state index contributed by atoms with van der Waals surface area (Å²) >= 11 is 6.22. The average Bonchev–Trinajstić information content (AvgIpc) is 2.64. The number of rotatable bonds is 6. The lowest BCUT2D eigenvalue weighted by molar-refractivity contribution is 0.0823. The first kappa shape index (κ1) is 21.7. The van der Waals surface area contributed by atoms with Crippen molar-refractivity contribution in [3.63, 3.8) is 0 Å². The molecule has 0 unspecified atom stereocenters. The number of carbonyl (C=O) groups excluding carboxylic acids is 1. The summed E-state index contributed by atoms with van der Waals surface area (Å²) < 4.78 is 40.1. The van der Waals surface area contributed by atoms with Crippen LogP contribution in [0.4, 0.5) is 4.39 Å². The smallest absolute Gasteiger partial charge is 0.253 e. The van der Waals surface area contributed by atoms with Crippen LogP contribution in [-0.2, 0) is 15.6 Å². The Balaban J connectivity index is 1.92. The Kier molecular flexibility index (Phi) is 6.03. The third kappa shape index (κ3) is 4.17. The molecule has 0 aromatic heterocycles. The highest BCUT2D eigenvalue weighted by atomic mass is 35.5. The van der Waals surface area contributed by atoms with E-state index >= 15 is 0 Å². The van der Waals surface area contributed by atoms with Crippen molar-refractivity contribution in [1.29, 1.82) is 0 Å². The van der Waals surface area contributed by atoms with Gasteiger partial charge in [-0.05, 0) is 69.0 Å². The van der Waals surface area contributed by atoms with E-state index in [9.17, 15) is 17.6 Å². The molecular weight excluding hydrogens is 415 g/mol. The topological polar surface area (TPSA) is 66.5 Å². The molecule has 1 saturated carbocycles. The van der Waals surface area contributed by atoms with Crippen molar-refractivity contribution in [2.45, 2.75) is 49.6 Å². The number of sulfonamides is 1. The van der Waals surface area contributed by atoms with Gasteiger partial charge in [0, 0.05) is 13.1 Å². The van der Waals surface area contributed by atoms with Crippen molar-refractivity contribution in [3.8, 4) is 0 Å². The number of benzene rings is 2. The van der Waals surface area contributed by atoms with Gasteiger partial charge in [-0.2, -0.15) is 4.31 Å². The maximum absolute atomic E-state index is 13.3. The summed E-state index contributed by atoms with van der Waals surface area (Å²) in [4.78, 5) is 13.0. The van der Waals surface area contributed by atoms with Gasteiger partial charge in [-0.1, -0.05) is 23.7 Å². The highest BCUT2D eigenvalue weighted by Crippen LogP contribution is 2.41. The van der Waals surface area contributed by atoms with Crippen molar-refractivity contribution >= 4 is 27.5 Å². The highest BCUT2D eigenvalue weighted by Gasteiger charge is 2.40. The van der Waals surface area contributed by atoms with Crippen molar-refractivity contribution in [2.75, 3.05) is 7.05 Å². The van der Waals surface area contributed by atoms with Crippen molar-refractivity contribution < 1.29 is 17.6 Å². The number of carbonyl (C=O) groups is 1. The van der Waals surface area contributed by atoms with E-state index in [0.29, 0.717) is 0 Å². The van der Waals surface area contributed by atoms with Gasteiger partial charge in [0.1, 0.15) is 5.82 Å². The van der Waals surface area contributed by atoms with E-state index in [4.69, 9.17) is 11.6 Å². The summed E-state index contributed by atoms with van der Waals surface area (Å²) in [6.07, 6.45) is 2.37. The molecule has 3 rings (SSSR count). The van der Waals surface area contributed by atoms with E-state index in [2.05, 4.69) is 5.32 Å². The first-order valence-electron chi connectivity index (χ1n) is 9.43. The van der Waals surface area contributed by atoms with Gasteiger partial charge in [-0.3, -0.25) is 4.79 Å². The van der Waals surface area contributed by atoms with Crippen LogP contribution in [0.15, 0.2) is 47.4 Å². The summed E-state index contributed by atoms with van der Waals surface area (Å²) in [5, 5.41) is 3.17. The fourth-order valence-electron chi connectivity index (χ4n) is 3.35. The van der Waals surface area contributed by atoms with Gasteiger partial charge in [-0.25, -0.2) is 12.8 Å². The predicted octanol–water partition coefficient (Wildman–Crippen LogP) is 4.32. The first-order chi connectivity index (χ1) is 13.6. The van der Waals surface area contributed by atoms with Crippen LogP contribution in [0.25, 0.3) is 0 Å². The third-order valence-electron chi connectivity index (χ3n) is 5.54. The minimum Gasteiger partial charge on any atom is -0.342 e. The fraction of sp³-hybridized carbons (Fsp3) is 0.381. The van der Waals surface area contributed by atoms with E-state index in [0.717, 1.165) is 24.8 Å². The van der Waals surface area contributed by atoms with Crippen molar-refractivity contribution in [1.82, 2.24) is 9.62 Å². The number of nitrogens with one attached hydrogen (secondary N) is 1. The van der Waals surface area contributed by atoms with Gasteiger partial charge in [0.2, 0.25) is 10.0 Å². The number of nitrogens with zero attached hydrogens (tertiary/aromatic N) is 1. The van der Waals surface area contributed by atoms with Crippen LogP contribution in [0.2, 0.25) is 5.02 Å². The zero-order valence-corrected chi connectivity index (χ0v) is 18.1. The number of halogens is 2. The molecule has 0 spiro atoms. The van der Waals surface area contributed by atoms with Crippen LogP contribution >= 0.6 is 11.6 Å². The quantitative estimate of drug-likeness (QED) is 0.730. The minimum absolute atomic E-state index is 0.00712. The molecule has 0 atom stereocenters. The fourth-order valence-corrected chi connectivity index (χ4v) is 4.95. The maximum Gasteiger partial charge on any atom is 0.253 e. The van der Waals surface area contributed by atoms with Gasteiger partial charge in [0.05, 0.1) is 21.0 Å². The maximum atomic E-state index is 13.3. The molecule has 1 N–H and O–H groups in total. The molecule has 1 fully saturated rings. The van der Waals surface area contributed by atoms with Crippen LogP contribution < -0.4 is 5.32 Å². The van der Waals surface area contributed by atoms with E-state index in [1.165, 1.54) is 41.7 Å². The number of hydrogen-bond donors (Lipinski definition) is 1. The van der Waals surface area contributed by atoms with E-state index in [1.807, 2.05) is 0 Å². The van der Waals surface area contributed by atoms with E-state index in [1.54, 1.807) is 26.0 Å². The molecule has 29 heavy (non-hydrogen) atoms. The predicted molar refractivity (Wildman–Crippen MR) is 111 cm³/mol. The molecule has 1 aliphatic rings. The molecule has 0 bridgehead atoms. The summed E-state index contributed by atoms with van der Waals surface area (Å²) in [6, 6.07) is 9.94. The lowest BCUT2D eigenvalue weighted by Crippen LogP contribution is -2.50. The summed E-state index contributed by atoms with van der Waals surface area (Å²) in [6.45, 7) is 3.54. The standard InChI is InChI=1S/C21H24ClFN2O3S/c1-14(2)25(3)29(27,28)17-9-10-19(22)18(13-17)20(26)24-21(11-4-12-21)15-5-7-16(23)8-6-15/h5-10,13-14H,4,11-12H2,1-3H3,(H,24,26). The van der Waals surface area contributed by atoms with Crippen LogP contribution in [0.5, 0.6) is 0 Å². The van der Waals surface area contributed by atoms with E-state index in [-0.39, 0.29) is 27.3 Å². The second-order valence-electron chi connectivity index (χ2n) is 7.65. The zero-order valence-electron chi connectivity index (χ0n) is 16.6. The van der Waals surface area contributed by atoms with Crippen LogP contribution in [-0.4, -0.2) is 31.7 Å². The largest absolute Gasteiger partial charge is 0.342 e. The lowest BCUT2D eigenvalue weighted by atomic mass is 9.71. The van der Waals surface area contributed by atoms with E-state index < -0.39 is 21.5 Å². The first-order valence-corrected chi connectivity index (χ1v) is 11.2. The van der Waals surface area contributed by atoms with Crippen molar-refractivity contribution in [2.24, 2.45) is 0 Å². The summed E-state index contributed by atoms with van der Waals surface area (Å²) in [5.74, 6) is -0.798. The molecule has 0 heterocycles. The molecular formula is C21H24ClFN2O3S. The van der Waals surface area contributed by atoms with Gasteiger partial charge >= 0.3 is 0 Å². The van der Waals surface area contributed by atoms with Gasteiger partial charge < -0.3 is 5.32 Å². The molecule has 2 aromatic rings. The van der Waals surface area contributed by atoms with Gasteiger partial charge in [-0.15, -0.1) is 0 Å². The molecule has 8 heteroatoms. The molecule has 0 radical (unpaired) electrons. The number of hydrogen-bond acceptors (Lipinski definition) is 3. The Bertz CT molecular complexity index is 1020. The normalized spacial score (nSPS) is 16.0. The molecule has 0 aliphatic heterocycles. The highest BCUT2D eigenvalue weighted by molar-refractivity contribution is 7.89. The average molecular weight is 439 g/mol. The molecule has 0 saturated heterocycles. The number of amides is 1. The second-order valence-corrected chi connectivity index (χ2v) is 10.1. The molecule has 156 valence electrons. The van der Waals surface area contributed by atoms with Gasteiger partial charge in [0.25, 0.3) is 5.91 Å². The van der Waals surface area contributed by atoms with Crippen LogP contribution in [0.3, 0.4) is 0 Å². The lowest BCUT2D eigenvalue weighted by Gasteiger charge is -2.43. The minimum atomic E-state index is -3.75. The molecule has 1 aliphatic carbocycles. The third-order valence-corrected chi connectivity index (χ3v) is 7.90. The Labute approximate surface area is 175 Å². The molecule has 5 nitrogen and oxygen atoms in total. The summed E-state index contributed by atoms with van der Waals surface area (Å²) in [5.41, 5.74) is 0.314.